The van der Waals surface area contributed by atoms with Gasteiger partial charge in [0.2, 0.25) is 0 Å². The van der Waals surface area contributed by atoms with Crippen LogP contribution in [0.4, 0.5) is 8.78 Å². The van der Waals surface area contributed by atoms with Crippen LogP contribution < -0.4 is 5.32 Å². The van der Waals surface area contributed by atoms with E-state index in [-0.39, 0.29) is 17.6 Å². The molecule has 2 unspecified atom stereocenters. The van der Waals surface area contributed by atoms with Crippen molar-refractivity contribution in [2.45, 2.75) is 57.9 Å². The molecule has 0 heterocycles. The van der Waals surface area contributed by atoms with Gasteiger partial charge in [0.1, 0.15) is 11.6 Å². The lowest BCUT2D eigenvalue weighted by Crippen LogP contribution is -2.34. The van der Waals surface area contributed by atoms with Gasteiger partial charge in [-0.1, -0.05) is 19.4 Å². The Bertz CT molecular complexity index is 431. The number of aryl methyl sites for hydroxylation is 1. The summed E-state index contributed by atoms with van der Waals surface area (Å²) in [6.07, 6.45) is 4.98. The van der Waals surface area contributed by atoms with Crippen LogP contribution in [0.25, 0.3) is 0 Å². The van der Waals surface area contributed by atoms with Crippen LogP contribution in [-0.2, 0) is 0 Å². The van der Waals surface area contributed by atoms with Crippen LogP contribution in [0.2, 0.25) is 0 Å². The molecule has 0 aliphatic heterocycles. The van der Waals surface area contributed by atoms with E-state index < -0.39 is 0 Å². The molecule has 1 aromatic carbocycles. The van der Waals surface area contributed by atoms with E-state index >= 15 is 0 Å². The van der Waals surface area contributed by atoms with Crippen LogP contribution >= 0.6 is 0 Å². The van der Waals surface area contributed by atoms with E-state index in [2.05, 4.69) is 12.2 Å². The number of hydrogen-bond donors (Lipinski definition) is 1. The summed E-state index contributed by atoms with van der Waals surface area (Å²) in [5.74, 6) is -0.714. The van der Waals surface area contributed by atoms with Gasteiger partial charge in [-0.25, -0.2) is 8.78 Å². The lowest BCUT2D eigenvalue weighted by molar-refractivity contribution is 0.328. The quantitative estimate of drug-likeness (QED) is 0.857. The minimum atomic E-state index is -0.385. The molecule has 106 valence electrons. The number of rotatable bonds is 4. The van der Waals surface area contributed by atoms with E-state index in [1.165, 1.54) is 12.1 Å². The van der Waals surface area contributed by atoms with Crippen LogP contribution in [0, 0.1) is 18.6 Å². The molecule has 0 spiro atoms. The first-order valence-electron chi connectivity index (χ1n) is 7.31. The summed E-state index contributed by atoms with van der Waals surface area (Å²) >= 11 is 0. The van der Waals surface area contributed by atoms with Gasteiger partial charge in [-0.05, 0) is 56.7 Å². The molecule has 19 heavy (non-hydrogen) atoms. The normalized spacial score (nSPS) is 23.6. The fourth-order valence-electron chi connectivity index (χ4n) is 3.04. The lowest BCUT2D eigenvalue weighted by atomic mass is 9.80. The molecule has 3 heteroatoms. The summed E-state index contributed by atoms with van der Waals surface area (Å²) < 4.78 is 28.1. The number of halogens is 2. The van der Waals surface area contributed by atoms with E-state index in [9.17, 15) is 8.78 Å². The molecule has 2 atom stereocenters. The first-order valence-corrected chi connectivity index (χ1v) is 7.31. The van der Waals surface area contributed by atoms with Gasteiger partial charge in [-0.15, -0.1) is 0 Å². The molecule has 1 nitrogen and oxygen atoms in total. The van der Waals surface area contributed by atoms with Gasteiger partial charge >= 0.3 is 0 Å². The summed E-state index contributed by atoms with van der Waals surface area (Å²) in [4.78, 5) is 0. The second-order valence-electron chi connectivity index (χ2n) is 5.61. The Hall–Kier alpha value is -0.960. The fraction of sp³-hybridized carbons (Fsp3) is 0.625. The maximum atomic E-state index is 14.2. The van der Waals surface area contributed by atoms with E-state index in [1.54, 1.807) is 6.92 Å². The molecule has 1 aliphatic carbocycles. The van der Waals surface area contributed by atoms with Crippen LogP contribution in [0.5, 0.6) is 0 Å². The van der Waals surface area contributed by atoms with Crippen molar-refractivity contribution in [2.24, 2.45) is 0 Å². The molecule has 1 N–H and O–H groups in total. The van der Waals surface area contributed by atoms with Crippen molar-refractivity contribution in [3.63, 3.8) is 0 Å². The lowest BCUT2D eigenvalue weighted by Gasteiger charge is -2.30. The molecule has 1 aliphatic rings. The van der Waals surface area contributed by atoms with E-state index in [4.69, 9.17) is 0 Å². The Morgan fingerprint density at radius 3 is 2.79 bits per heavy atom. The predicted octanol–water partition coefficient (Wildman–Crippen LogP) is 4.30. The first-order chi connectivity index (χ1) is 9.13. The molecule has 0 radical (unpaired) electrons. The van der Waals surface area contributed by atoms with Crippen LogP contribution in [0.15, 0.2) is 12.1 Å². The molecule has 1 saturated carbocycles. The average Bonchev–Trinajstić information content (AvgIpc) is 2.42. The Morgan fingerprint density at radius 1 is 1.26 bits per heavy atom. The Labute approximate surface area is 114 Å². The van der Waals surface area contributed by atoms with Crippen molar-refractivity contribution in [1.82, 2.24) is 5.32 Å². The van der Waals surface area contributed by atoms with Gasteiger partial charge in [0.25, 0.3) is 0 Å². The summed E-state index contributed by atoms with van der Waals surface area (Å²) in [5, 5.41) is 3.48. The molecule has 0 bridgehead atoms. The molecule has 0 aromatic heterocycles. The molecule has 0 saturated heterocycles. The van der Waals surface area contributed by atoms with Crippen molar-refractivity contribution < 1.29 is 8.78 Å². The third-order valence-electron chi connectivity index (χ3n) is 4.09. The number of nitrogens with one attached hydrogen (secondary N) is 1. The van der Waals surface area contributed by atoms with Gasteiger partial charge in [-0.3, -0.25) is 0 Å². The highest BCUT2D eigenvalue weighted by atomic mass is 19.1. The second-order valence-corrected chi connectivity index (χ2v) is 5.61. The second kappa shape index (κ2) is 6.47. The van der Waals surface area contributed by atoms with Gasteiger partial charge in [-0.2, -0.15) is 0 Å². The highest BCUT2D eigenvalue weighted by Gasteiger charge is 2.27. The van der Waals surface area contributed by atoms with Gasteiger partial charge in [0.15, 0.2) is 0 Å². The number of benzene rings is 1. The van der Waals surface area contributed by atoms with Crippen LogP contribution in [0.3, 0.4) is 0 Å². The zero-order valence-electron chi connectivity index (χ0n) is 11.8. The monoisotopic (exact) mass is 267 g/mol. The number of hydrogen-bond acceptors (Lipinski definition) is 1. The summed E-state index contributed by atoms with van der Waals surface area (Å²) in [5.41, 5.74) is 0.850. The minimum absolute atomic E-state index is 0.0167. The van der Waals surface area contributed by atoms with Gasteiger partial charge in [0, 0.05) is 11.6 Å². The highest BCUT2D eigenvalue weighted by molar-refractivity contribution is 5.30. The van der Waals surface area contributed by atoms with Crippen molar-refractivity contribution in [2.75, 3.05) is 6.54 Å². The first kappa shape index (κ1) is 14.4. The predicted molar refractivity (Wildman–Crippen MR) is 74.4 cm³/mol. The van der Waals surface area contributed by atoms with Crippen LogP contribution in [-0.4, -0.2) is 12.6 Å². The van der Waals surface area contributed by atoms with Crippen molar-refractivity contribution in [3.05, 3.63) is 34.9 Å². The van der Waals surface area contributed by atoms with Gasteiger partial charge in [0.05, 0.1) is 0 Å². The van der Waals surface area contributed by atoms with Crippen molar-refractivity contribution >= 4 is 0 Å². The molecular weight excluding hydrogens is 244 g/mol. The zero-order valence-corrected chi connectivity index (χ0v) is 11.8. The Balaban J connectivity index is 2.15. The van der Waals surface area contributed by atoms with E-state index in [0.717, 1.165) is 38.6 Å². The molecule has 1 fully saturated rings. The topological polar surface area (TPSA) is 12.0 Å². The third kappa shape index (κ3) is 3.33. The zero-order chi connectivity index (χ0) is 13.8. The minimum Gasteiger partial charge on any atom is -0.314 e. The Morgan fingerprint density at radius 2 is 2.05 bits per heavy atom. The van der Waals surface area contributed by atoms with Gasteiger partial charge < -0.3 is 5.32 Å². The van der Waals surface area contributed by atoms with Crippen molar-refractivity contribution in [1.29, 1.82) is 0 Å². The maximum Gasteiger partial charge on any atom is 0.132 e. The highest BCUT2D eigenvalue weighted by Crippen LogP contribution is 2.36. The Kier molecular flexibility index (Phi) is 4.92. The summed E-state index contributed by atoms with van der Waals surface area (Å²) in [6.45, 7) is 4.82. The molecular formula is C16H23F2N. The van der Waals surface area contributed by atoms with Crippen molar-refractivity contribution in [3.8, 4) is 0 Å². The smallest absolute Gasteiger partial charge is 0.132 e. The summed E-state index contributed by atoms with van der Waals surface area (Å²) in [6, 6.07) is 3.32. The fourth-order valence-corrected chi connectivity index (χ4v) is 3.04. The maximum absolute atomic E-state index is 14.2. The molecule has 1 aromatic rings. The SMILES string of the molecule is CCCNC1CCCC(c2c(F)ccc(C)c2F)C1. The standard InChI is InChI=1S/C16H23F2N/c1-3-9-19-13-6-4-5-12(10-13)15-14(17)8-7-11(2)16(15)18/h7-8,12-13,19H,3-6,9-10H2,1-2H3. The third-order valence-corrected chi connectivity index (χ3v) is 4.09. The van der Waals surface area contributed by atoms with E-state index in [0.29, 0.717) is 17.2 Å². The largest absolute Gasteiger partial charge is 0.314 e. The molecule has 0 amide bonds. The average molecular weight is 267 g/mol. The van der Waals surface area contributed by atoms with Crippen LogP contribution in [0.1, 0.15) is 56.1 Å². The summed E-state index contributed by atoms with van der Waals surface area (Å²) in [7, 11) is 0. The molecule has 2 rings (SSSR count). The van der Waals surface area contributed by atoms with E-state index in [1.807, 2.05) is 0 Å².